The molecule has 1 fully saturated rings. The highest BCUT2D eigenvalue weighted by Gasteiger charge is 2.30. The Balaban J connectivity index is 1.78. The Morgan fingerprint density at radius 3 is 2.67 bits per heavy atom. The van der Waals surface area contributed by atoms with Gasteiger partial charge >= 0.3 is 0 Å². The number of piperidine rings is 1. The van der Waals surface area contributed by atoms with Crippen LogP contribution in [0.5, 0.6) is 0 Å². The quantitative estimate of drug-likeness (QED) is 0.895. The molecule has 0 unspecified atom stereocenters. The van der Waals surface area contributed by atoms with Crippen LogP contribution in [0, 0.1) is 17.6 Å². The molecule has 0 aliphatic carbocycles. The molecule has 27 heavy (non-hydrogen) atoms. The number of amides is 1. The monoisotopic (exact) mass is 374 g/mol. The zero-order valence-corrected chi connectivity index (χ0v) is 15.5. The van der Waals surface area contributed by atoms with Crippen molar-refractivity contribution in [3.63, 3.8) is 0 Å². The Bertz CT molecular complexity index is 826. The maximum atomic E-state index is 14.1. The molecule has 3 rings (SSSR count). The molecule has 2 aromatic carbocycles. The average molecular weight is 374 g/mol. The summed E-state index contributed by atoms with van der Waals surface area (Å²) in [6.07, 6.45) is 0.150. The first-order chi connectivity index (χ1) is 12.9. The van der Waals surface area contributed by atoms with Crippen LogP contribution in [0.25, 0.3) is 11.1 Å². The van der Waals surface area contributed by atoms with Crippen molar-refractivity contribution in [1.29, 1.82) is 0 Å². The Kier molecular flexibility index (Phi) is 5.87. The van der Waals surface area contributed by atoms with Gasteiger partial charge in [0.1, 0.15) is 0 Å². The van der Waals surface area contributed by atoms with Crippen LogP contribution in [-0.4, -0.2) is 60.6 Å². The highest BCUT2D eigenvalue weighted by molar-refractivity contribution is 5.95. The molecule has 0 radical (unpaired) electrons. The zero-order valence-electron chi connectivity index (χ0n) is 15.5. The van der Waals surface area contributed by atoms with Gasteiger partial charge < -0.3 is 14.9 Å². The van der Waals surface area contributed by atoms with E-state index in [1.54, 1.807) is 29.2 Å². The van der Waals surface area contributed by atoms with Crippen LogP contribution in [0.15, 0.2) is 42.5 Å². The molecule has 1 aliphatic rings. The molecule has 1 aliphatic heterocycles. The molecule has 144 valence electrons. The highest BCUT2D eigenvalue weighted by Crippen LogP contribution is 2.26. The Morgan fingerprint density at radius 1 is 1.22 bits per heavy atom. The van der Waals surface area contributed by atoms with Gasteiger partial charge in [-0.25, -0.2) is 8.78 Å². The van der Waals surface area contributed by atoms with Crippen LogP contribution in [-0.2, 0) is 0 Å². The van der Waals surface area contributed by atoms with E-state index in [-0.39, 0.29) is 23.9 Å². The summed E-state index contributed by atoms with van der Waals surface area (Å²) >= 11 is 0. The van der Waals surface area contributed by atoms with Crippen LogP contribution in [0.3, 0.4) is 0 Å². The molecule has 0 spiro atoms. The predicted octanol–water partition coefficient (Wildman–Crippen LogP) is 3.02. The molecule has 6 heteroatoms. The number of aliphatic hydroxyl groups excluding tert-OH is 1. The number of nitrogens with zero attached hydrogens (tertiary/aromatic N) is 2. The van der Waals surface area contributed by atoms with Crippen LogP contribution >= 0.6 is 0 Å². The zero-order chi connectivity index (χ0) is 19.6. The summed E-state index contributed by atoms with van der Waals surface area (Å²) < 4.78 is 27.6. The van der Waals surface area contributed by atoms with Crippen molar-refractivity contribution in [3.05, 3.63) is 59.7 Å². The van der Waals surface area contributed by atoms with Gasteiger partial charge in [0.05, 0.1) is 6.10 Å². The average Bonchev–Trinajstić information content (AvgIpc) is 2.65. The summed E-state index contributed by atoms with van der Waals surface area (Å²) in [4.78, 5) is 16.5. The molecule has 0 saturated carbocycles. The van der Waals surface area contributed by atoms with E-state index < -0.39 is 17.7 Å². The van der Waals surface area contributed by atoms with E-state index in [0.717, 1.165) is 19.0 Å². The van der Waals surface area contributed by atoms with E-state index in [9.17, 15) is 18.7 Å². The van der Waals surface area contributed by atoms with Gasteiger partial charge in [-0.2, -0.15) is 0 Å². The maximum absolute atomic E-state index is 14.1. The summed E-state index contributed by atoms with van der Waals surface area (Å²) in [5, 5.41) is 10.4. The Morgan fingerprint density at radius 2 is 1.96 bits per heavy atom. The largest absolute Gasteiger partial charge is 0.391 e. The summed E-state index contributed by atoms with van der Waals surface area (Å²) in [5.74, 6) is -1.93. The van der Waals surface area contributed by atoms with E-state index in [1.807, 2.05) is 19.0 Å². The number of halogens is 2. The van der Waals surface area contributed by atoms with Crippen LogP contribution in [0.4, 0.5) is 8.78 Å². The van der Waals surface area contributed by atoms with E-state index in [1.165, 1.54) is 12.1 Å². The summed E-state index contributed by atoms with van der Waals surface area (Å²) in [7, 11) is 3.92. The first-order valence-electron chi connectivity index (χ1n) is 9.03. The molecular weight excluding hydrogens is 350 g/mol. The number of β-amino-alcohol motifs (C(OH)–C–C–N with tert-alkyl or cyclic N) is 1. The second-order valence-electron chi connectivity index (χ2n) is 7.31. The van der Waals surface area contributed by atoms with Crippen LogP contribution < -0.4 is 0 Å². The lowest BCUT2D eigenvalue weighted by Crippen LogP contribution is -2.49. The van der Waals surface area contributed by atoms with Gasteiger partial charge in [-0.3, -0.25) is 4.79 Å². The van der Waals surface area contributed by atoms with Gasteiger partial charge in [-0.1, -0.05) is 24.3 Å². The first-order valence-corrected chi connectivity index (χ1v) is 9.03. The third-order valence-electron chi connectivity index (χ3n) is 4.98. The molecule has 0 bridgehead atoms. The van der Waals surface area contributed by atoms with Crippen molar-refractivity contribution < 1.29 is 18.7 Å². The van der Waals surface area contributed by atoms with Crippen molar-refractivity contribution in [2.75, 3.05) is 33.7 Å². The fourth-order valence-electron chi connectivity index (χ4n) is 3.58. The van der Waals surface area contributed by atoms with Gasteiger partial charge in [0, 0.05) is 36.7 Å². The molecule has 1 heterocycles. The third kappa shape index (κ3) is 4.34. The van der Waals surface area contributed by atoms with Crippen molar-refractivity contribution in [3.8, 4) is 11.1 Å². The van der Waals surface area contributed by atoms with Gasteiger partial charge in [0.25, 0.3) is 5.91 Å². The van der Waals surface area contributed by atoms with Crippen molar-refractivity contribution in [2.45, 2.75) is 12.5 Å². The lowest BCUT2D eigenvalue weighted by molar-refractivity contribution is 0.0124. The molecule has 4 nitrogen and oxygen atoms in total. The number of likely N-dealkylation sites (tertiary alicyclic amines) is 1. The fourth-order valence-corrected chi connectivity index (χ4v) is 3.58. The van der Waals surface area contributed by atoms with Gasteiger partial charge in [0.2, 0.25) is 0 Å². The smallest absolute Gasteiger partial charge is 0.253 e. The van der Waals surface area contributed by atoms with E-state index in [0.29, 0.717) is 17.7 Å². The predicted molar refractivity (Wildman–Crippen MR) is 100 cm³/mol. The SMILES string of the molecule is CN(C)C[C@@H]1CCN(C(=O)c2cccc(-c3cccc(F)c3F)c2)C[C@H]1O. The molecule has 1 N–H and O–H groups in total. The topological polar surface area (TPSA) is 43.8 Å². The molecule has 0 aromatic heterocycles. The van der Waals surface area contributed by atoms with E-state index in [4.69, 9.17) is 0 Å². The number of hydrogen-bond acceptors (Lipinski definition) is 3. The van der Waals surface area contributed by atoms with Crippen molar-refractivity contribution in [2.24, 2.45) is 5.92 Å². The lowest BCUT2D eigenvalue weighted by Gasteiger charge is -2.37. The second-order valence-corrected chi connectivity index (χ2v) is 7.31. The first kappa shape index (κ1) is 19.5. The molecule has 1 saturated heterocycles. The lowest BCUT2D eigenvalue weighted by atomic mass is 9.92. The van der Waals surface area contributed by atoms with Gasteiger partial charge in [0.15, 0.2) is 11.6 Å². The normalized spacial score (nSPS) is 20.1. The van der Waals surface area contributed by atoms with Crippen LogP contribution in [0.1, 0.15) is 16.8 Å². The van der Waals surface area contributed by atoms with Crippen molar-refractivity contribution >= 4 is 5.91 Å². The number of carbonyl (C=O) groups is 1. The minimum atomic E-state index is -0.929. The summed E-state index contributed by atoms with van der Waals surface area (Å²) in [5.41, 5.74) is 0.963. The number of hydrogen-bond donors (Lipinski definition) is 1. The Labute approximate surface area is 158 Å². The maximum Gasteiger partial charge on any atom is 0.253 e. The summed E-state index contributed by atoms with van der Waals surface area (Å²) in [6, 6.07) is 10.5. The number of carbonyl (C=O) groups excluding carboxylic acids is 1. The molecule has 1 amide bonds. The third-order valence-corrected chi connectivity index (χ3v) is 4.98. The minimum absolute atomic E-state index is 0.120. The standard InChI is InChI=1S/C21H24F2N2O2/c1-24(2)12-16-9-10-25(13-19(16)26)21(27)15-6-3-5-14(11-15)17-7-4-8-18(22)20(17)23/h3-8,11,16,19,26H,9-10,12-13H2,1-2H3/t16-,19+/m0/s1. The number of benzene rings is 2. The fraction of sp³-hybridized carbons (Fsp3) is 0.381. The number of aliphatic hydroxyl groups is 1. The van der Waals surface area contributed by atoms with Crippen molar-refractivity contribution in [1.82, 2.24) is 9.80 Å². The van der Waals surface area contributed by atoms with Gasteiger partial charge in [-0.15, -0.1) is 0 Å². The second kappa shape index (κ2) is 8.15. The van der Waals surface area contributed by atoms with E-state index in [2.05, 4.69) is 0 Å². The highest BCUT2D eigenvalue weighted by atomic mass is 19.2. The minimum Gasteiger partial charge on any atom is -0.391 e. The summed E-state index contributed by atoms with van der Waals surface area (Å²) in [6.45, 7) is 1.61. The van der Waals surface area contributed by atoms with Gasteiger partial charge in [-0.05, 0) is 44.3 Å². The molecular formula is C21H24F2N2O2. The molecule has 2 atom stereocenters. The Hall–Kier alpha value is -2.31. The number of rotatable bonds is 4. The van der Waals surface area contributed by atoms with E-state index >= 15 is 0 Å². The molecule has 2 aromatic rings. The van der Waals surface area contributed by atoms with Crippen LogP contribution in [0.2, 0.25) is 0 Å².